The Labute approximate surface area is 527 Å². The fourth-order valence-corrected chi connectivity index (χ4v) is 18.6. The molecular weight excluding hydrogens is 1080 g/mol. The number of fused-ring (bicyclic) bond motifs is 13. The van der Waals surface area contributed by atoms with E-state index in [1.165, 1.54) is 61.2 Å². The molecule has 2 aromatic heterocycles. The molecule has 444 valence electrons. The first-order valence-corrected chi connectivity index (χ1v) is 32.3. The van der Waals surface area contributed by atoms with E-state index >= 15 is 0 Å². The zero-order valence-corrected chi connectivity index (χ0v) is 54.9. The molecule has 0 amide bonds. The summed E-state index contributed by atoms with van der Waals surface area (Å²) in [4.78, 5) is 11.1. The van der Waals surface area contributed by atoms with Gasteiger partial charge < -0.3 is 5.11 Å². The average molecular weight is 1160 g/mol. The summed E-state index contributed by atoms with van der Waals surface area (Å²) in [6, 6.07) is 76.1. The van der Waals surface area contributed by atoms with Gasteiger partial charge in [0, 0.05) is 55.5 Å². The van der Waals surface area contributed by atoms with Crippen molar-refractivity contribution in [2.24, 2.45) is 5.41 Å². The van der Waals surface area contributed by atoms with Gasteiger partial charge in [-0.05, 0) is 160 Å². The number of pyridine rings is 1. The van der Waals surface area contributed by atoms with Crippen LogP contribution in [0.5, 0.6) is 5.75 Å². The molecule has 4 heteroatoms. The van der Waals surface area contributed by atoms with Gasteiger partial charge in [-0.1, -0.05) is 256 Å². The summed E-state index contributed by atoms with van der Waals surface area (Å²) in [5.74, 6) is 0.953. The van der Waals surface area contributed by atoms with Gasteiger partial charge in [-0.25, -0.2) is 4.98 Å². The van der Waals surface area contributed by atoms with Crippen LogP contribution in [0.25, 0.3) is 72.7 Å². The predicted molar refractivity (Wildman–Crippen MR) is 370 cm³/mol. The number of hydrogen-bond acceptors (Lipinski definition) is 3. The highest BCUT2D eigenvalue weighted by Crippen LogP contribution is 2.90. The number of rotatable bonds is 6. The van der Waals surface area contributed by atoms with Crippen molar-refractivity contribution in [2.75, 3.05) is 0 Å². The van der Waals surface area contributed by atoms with Crippen LogP contribution < -0.4 is 0 Å². The molecule has 5 atom stereocenters. The Bertz CT molecular complexity index is 4760. The molecule has 4 aliphatic carbocycles. The molecule has 1 spiro atoms. The molecule has 5 unspecified atom stereocenters. The minimum absolute atomic E-state index is 0.0958. The summed E-state index contributed by atoms with van der Waals surface area (Å²) >= 11 is 0. The van der Waals surface area contributed by atoms with Gasteiger partial charge in [0.05, 0.1) is 28.0 Å². The first-order valence-electron chi connectivity index (χ1n) is 32.3. The van der Waals surface area contributed by atoms with E-state index in [0.717, 1.165) is 66.9 Å². The van der Waals surface area contributed by atoms with Crippen LogP contribution >= 0.6 is 0 Å². The number of phenolic OH excluding ortho intramolecular Hbond substituents is 1. The van der Waals surface area contributed by atoms with Crippen LogP contribution in [-0.4, -0.2) is 19.6 Å². The minimum Gasteiger partial charge on any atom is -0.507 e. The van der Waals surface area contributed by atoms with Gasteiger partial charge in [0.1, 0.15) is 11.6 Å². The van der Waals surface area contributed by atoms with Crippen LogP contribution in [0.3, 0.4) is 0 Å². The molecule has 15 rings (SSSR count). The normalized spacial score (nSPS) is 22.2. The molecule has 89 heavy (non-hydrogen) atoms. The first-order chi connectivity index (χ1) is 42.1. The van der Waals surface area contributed by atoms with Crippen molar-refractivity contribution < 1.29 is 5.11 Å². The summed E-state index contributed by atoms with van der Waals surface area (Å²) in [7, 11) is 0. The minimum atomic E-state index is -0.354. The Morgan fingerprint density at radius 1 is 0.360 bits per heavy atom. The third-order valence-corrected chi connectivity index (χ3v) is 22.5. The Hall–Kier alpha value is -8.60. The first kappa shape index (κ1) is 56.9. The van der Waals surface area contributed by atoms with Gasteiger partial charge in [-0.2, -0.15) is 0 Å². The zero-order chi connectivity index (χ0) is 62.5. The third kappa shape index (κ3) is 7.35. The second-order valence-corrected chi connectivity index (χ2v) is 31.3. The van der Waals surface area contributed by atoms with E-state index in [9.17, 15) is 5.11 Å². The topological polar surface area (TPSA) is 50.9 Å². The molecule has 0 saturated carbocycles. The lowest BCUT2D eigenvalue weighted by atomic mass is 9.43. The van der Waals surface area contributed by atoms with Crippen molar-refractivity contribution in [1.29, 1.82) is 0 Å². The number of phenols is 1. The molecule has 4 aliphatic rings. The maximum Gasteiger partial charge on any atom is 0.149 e. The Balaban J connectivity index is 0.927. The van der Waals surface area contributed by atoms with Gasteiger partial charge in [0.2, 0.25) is 0 Å². The molecule has 9 aromatic carbocycles. The molecule has 0 radical (unpaired) electrons. The largest absolute Gasteiger partial charge is 0.507 e. The number of imidazole rings is 1. The Morgan fingerprint density at radius 2 is 0.854 bits per heavy atom. The number of hydrogen-bond donors (Lipinski definition) is 1. The van der Waals surface area contributed by atoms with E-state index in [-0.39, 0.29) is 54.5 Å². The zero-order valence-electron chi connectivity index (χ0n) is 54.9. The van der Waals surface area contributed by atoms with E-state index in [1.807, 2.05) is 6.20 Å². The quantitative estimate of drug-likeness (QED) is 0.181. The number of para-hydroxylation sites is 1. The van der Waals surface area contributed by atoms with Crippen LogP contribution in [0.1, 0.15) is 178 Å². The maximum atomic E-state index is 12.8. The molecule has 1 N–H and O–H groups in total. The lowest BCUT2D eigenvalue weighted by Crippen LogP contribution is -2.60. The molecule has 2 heterocycles. The van der Waals surface area contributed by atoms with Gasteiger partial charge in [-0.3, -0.25) is 9.55 Å². The van der Waals surface area contributed by atoms with Gasteiger partial charge in [-0.15, -0.1) is 0 Å². The average Bonchev–Trinajstić information content (AvgIpc) is 1.41. The van der Waals surface area contributed by atoms with Gasteiger partial charge in [0.25, 0.3) is 0 Å². The fourth-order valence-electron chi connectivity index (χ4n) is 18.6. The van der Waals surface area contributed by atoms with E-state index in [4.69, 9.17) is 9.97 Å². The van der Waals surface area contributed by atoms with Crippen molar-refractivity contribution in [2.45, 2.75) is 154 Å². The molecular formula is C85H83N3O. The van der Waals surface area contributed by atoms with Gasteiger partial charge in [0.15, 0.2) is 0 Å². The van der Waals surface area contributed by atoms with E-state index in [2.05, 4.69) is 316 Å². The summed E-state index contributed by atoms with van der Waals surface area (Å²) in [5.41, 5.74) is 25.9. The highest BCUT2D eigenvalue weighted by Gasteiger charge is 2.89. The van der Waals surface area contributed by atoms with Crippen LogP contribution in [0.15, 0.2) is 206 Å². The number of nitrogens with zero attached hydrogens (tertiary/aromatic N) is 3. The summed E-state index contributed by atoms with van der Waals surface area (Å²) in [6.07, 6.45) is 2.01. The number of aromatic hydroxyl groups is 1. The van der Waals surface area contributed by atoms with Crippen molar-refractivity contribution in [3.8, 4) is 67.5 Å². The van der Waals surface area contributed by atoms with E-state index in [0.29, 0.717) is 11.4 Å². The second-order valence-electron chi connectivity index (χ2n) is 31.3. The van der Waals surface area contributed by atoms with Crippen molar-refractivity contribution in [3.05, 3.63) is 273 Å². The molecule has 0 fully saturated rings. The predicted octanol–water partition coefficient (Wildman–Crippen LogP) is 21.2. The SMILES string of the molecule is CC(C)(C)c1cc(-c2cc(-c3ccc4c(c3)C3(C)c5ccccc5C5(C)c6ccccc6C6(C)c7ccccc7C4(C)C653)ccn2)cc(-c2cccc3c2nc(-c2cc(C(C)(C)C)cc(C(C)(C)C)c2O)n3-c2ccc(C(C)(C)C)cc2-c2ccccc2)c1. The molecule has 0 aliphatic heterocycles. The highest BCUT2D eigenvalue weighted by molar-refractivity contribution is 5.98. The molecule has 11 aromatic rings. The highest BCUT2D eigenvalue weighted by atomic mass is 16.3. The second kappa shape index (κ2) is 18.5. The lowest BCUT2D eigenvalue weighted by Gasteiger charge is -2.57. The standard InChI is InChI=1S/C85H83N3O/c1-77(2,3)56-38-40-72(60(48-56)51-27-18-17-19-28-51)88-73-36-26-29-59(74(73)87-76(88)61-49-58(79(7,8)9)50-70(75(61)89)80(10,11)12)54-43-55(45-57(44-54)78(4,5)6)71-47-53(41-42-86-71)52-37-39-68-69(46-52)84(16)67-35-25-24-34-66(67)82(14)63-31-21-20-30-62(63)81(13)64-32-22-23-33-65(64)83(68,15)85(81,82)84/h17-50,89H,1-16H3. The summed E-state index contributed by atoms with van der Waals surface area (Å²) in [5, 5.41) is 12.8. The number of aromatic nitrogens is 3. The van der Waals surface area contributed by atoms with Crippen LogP contribution in [0, 0.1) is 5.41 Å². The van der Waals surface area contributed by atoms with E-state index in [1.54, 1.807) is 0 Å². The molecule has 4 nitrogen and oxygen atoms in total. The van der Waals surface area contributed by atoms with Gasteiger partial charge >= 0.3 is 0 Å². The lowest BCUT2D eigenvalue weighted by molar-refractivity contribution is 0.0253. The van der Waals surface area contributed by atoms with Crippen LogP contribution in [0.2, 0.25) is 0 Å². The number of benzene rings is 9. The van der Waals surface area contributed by atoms with Crippen molar-refractivity contribution in [1.82, 2.24) is 14.5 Å². The van der Waals surface area contributed by atoms with Crippen LogP contribution in [0.4, 0.5) is 0 Å². The van der Waals surface area contributed by atoms with Crippen molar-refractivity contribution in [3.63, 3.8) is 0 Å². The summed E-state index contributed by atoms with van der Waals surface area (Å²) < 4.78 is 2.32. The summed E-state index contributed by atoms with van der Waals surface area (Å²) in [6.45, 7) is 37.5. The van der Waals surface area contributed by atoms with E-state index < -0.39 is 0 Å². The maximum absolute atomic E-state index is 12.8. The fraction of sp³-hybridized carbons (Fsp3) is 0.294. The Kier molecular flexibility index (Phi) is 11.8. The molecule has 0 bridgehead atoms. The third-order valence-electron chi connectivity index (χ3n) is 22.5. The molecule has 0 saturated heterocycles. The monoisotopic (exact) mass is 1160 g/mol. The smallest absolute Gasteiger partial charge is 0.149 e. The van der Waals surface area contributed by atoms with Crippen molar-refractivity contribution >= 4 is 11.0 Å². The van der Waals surface area contributed by atoms with Crippen LogP contribution in [-0.2, 0) is 43.3 Å². The Morgan fingerprint density at radius 3 is 1.40 bits per heavy atom.